The van der Waals surface area contributed by atoms with Crippen molar-refractivity contribution in [3.63, 3.8) is 0 Å². The van der Waals surface area contributed by atoms with Crippen LogP contribution in [-0.2, 0) is 0 Å². The summed E-state index contributed by atoms with van der Waals surface area (Å²) >= 11 is 0. The summed E-state index contributed by atoms with van der Waals surface area (Å²) in [5, 5.41) is 3.68. The van der Waals surface area contributed by atoms with Crippen molar-refractivity contribution in [1.29, 1.82) is 0 Å². The first kappa shape index (κ1) is 6.01. The molecule has 0 saturated carbocycles. The zero-order valence-electron chi connectivity index (χ0n) is 5.46. The largest absolute Gasteiger partial charge is 0.361 e. The van der Waals surface area contributed by atoms with E-state index in [9.17, 15) is 0 Å². The molecule has 1 aromatic heterocycles. The molecule has 0 radical (unpaired) electrons. The number of rotatable bonds is 1. The van der Waals surface area contributed by atoms with Crippen LogP contribution < -0.4 is 0 Å². The lowest BCUT2D eigenvalue weighted by atomic mass is 10.4. The lowest BCUT2D eigenvalue weighted by Gasteiger charge is -1.71. The Labute approximate surface area is 53.4 Å². The molecule has 0 unspecified atom stereocenters. The Morgan fingerprint density at radius 1 is 1.78 bits per heavy atom. The third-order valence-electron chi connectivity index (χ3n) is 0.908. The number of aromatic nitrogens is 1. The van der Waals surface area contributed by atoms with Gasteiger partial charge in [0, 0.05) is 13.1 Å². The SMILES string of the molecule is CN=Cc1cc(C)on1. The Morgan fingerprint density at radius 2 is 2.56 bits per heavy atom. The molecule has 0 amide bonds. The van der Waals surface area contributed by atoms with Crippen molar-refractivity contribution in [3.8, 4) is 0 Å². The molecule has 0 N–H and O–H groups in total. The van der Waals surface area contributed by atoms with Gasteiger partial charge in [-0.25, -0.2) is 0 Å². The lowest BCUT2D eigenvalue weighted by Crippen LogP contribution is -1.76. The van der Waals surface area contributed by atoms with Crippen molar-refractivity contribution >= 4 is 6.21 Å². The average Bonchev–Trinajstić information content (AvgIpc) is 2.17. The van der Waals surface area contributed by atoms with Crippen LogP contribution in [0.15, 0.2) is 15.6 Å². The molecule has 0 spiro atoms. The zero-order valence-corrected chi connectivity index (χ0v) is 5.46. The van der Waals surface area contributed by atoms with Gasteiger partial charge in [-0.3, -0.25) is 4.99 Å². The molecule has 0 bridgehead atoms. The van der Waals surface area contributed by atoms with Crippen LogP contribution in [0.1, 0.15) is 11.5 Å². The molecule has 9 heavy (non-hydrogen) atoms. The Bertz CT molecular complexity index is 215. The van der Waals surface area contributed by atoms with Crippen LogP contribution in [0.25, 0.3) is 0 Å². The Morgan fingerprint density at radius 3 is 3.00 bits per heavy atom. The van der Waals surface area contributed by atoms with E-state index in [0.29, 0.717) is 0 Å². The van der Waals surface area contributed by atoms with Gasteiger partial charge in [0.25, 0.3) is 0 Å². The molecular formula is C6H8N2O. The van der Waals surface area contributed by atoms with Gasteiger partial charge in [-0.2, -0.15) is 0 Å². The summed E-state index contributed by atoms with van der Waals surface area (Å²) in [6.45, 7) is 1.85. The van der Waals surface area contributed by atoms with E-state index in [-0.39, 0.29) is 0 Å². The van der Waals surface area contributed by atoms with Crippen LogP contribution in [0.2, 0.25) is 0 Å². The zero-order chi connectivity index (χ0) is 6.69. The van der Waals surface area contributed by atoms with Crippen LogP contribution in [0.3, 0.4) is 0 Å². The normalized spacial score (nSPS) is 10.9. The minimum absolute atomic E-state index is 0.773. The number of aryl methyl sites for hydroxylation is 1. The maximum absolute atomic E-state index is 4.78. The van der Waals surface area contributed by atoms with Crippen molar-refractivity contribution in [1.82, 2.24) is 5.16 Å². The highest BCUT2D eigenvalue weighted by atomic mass is 16.5. The van der Waals surface area contributed by atoms with E-state index >= 15 is 0 Å². The predicted octanol–water partition coefficient (Wildman–Crippen LogP) is 1.03. The molecule has 1 heterocycles. The highest BCUT2D eigenvalue weighted by molar-refractivity contribution is 5.76. The number of aliphatic imine (C=N–C) groups is 1. The lowest BCUT2D eigenvalue weighted by molar-refractivity contribution is 0.396. The van der Waals surface area contributed by atoms with Crippen LogP contribution in [0.4, 0.5) is 0 Å². The number of hydrogen-bond acceptors (Lipinski definition) is 3. The summed E-state index contributed by atoms with van der Waals surface area (Å²) in [4.78, 5) is 3.77. The summed E-state index contributed by atoms with van der Waals surface area (Å²) in [5.74, 6) is 0.810. The first-order chi connectivity index (χ1) is 4.33. The molecule has 0 aliphatic heterocycles. The van der Waals surface area contributed by atoms with Crippen molar-refractivity contribution in [3.05, 3.63) is 17.5 Å². The quantitative estimate of drug-likeness (QED) is 0.524. The third-order valence-corrected chi connectivity index (χ3v) is 0.908. The number of nitrogens with zero attached hydrogens (tertiary/aromatic N) is 2. The van der Waals surface area contributed by atoms with Gasteiger partial charge < -0.3 is 4.52 Å². The predicted molar refractivity (Wildman–Crippen MR) is 34.8 cm³/mol. The van der Waals surface area contributed by atoms with E-state index in [2.05, 4.69) is 10.1 Å². The van der Waals surface area contributed by atoms with E-state index in [0.717, 1.165) is 11.5 Å². The van der Waals surface area contributed by atoms with Gasteiger partial charge in [0.05, 0.1) is 6.21 Å². The monoisotopic (exact) mass is 124 g/mol. The molecule has 0 fully saturated rings. The molecule has 3 heteroatoms. The van der Waals surface area contributed by atoms with E-state index in [4.69, 9.17) is 4.52 Å². The fraction of sp³-hybridized carbons (Fsp3) is 0.333. The third kappa shape index (κ3) is 1.38. The van der Waals surface area contributed by atoms with Gasteiger partial charge in [0.1, 0.15) is 11.5 Å². The highest BCUT2D eigenvalue weighted by Gasteiger charge is 1.92. The van der Waals surface area contributed by atoms with Crippen LogP contribution >= 0.6 is 0 Å². The van der Waals surface area contributed by atoms with E-state index in [1.165, 1.54) is 0 Å². The molecule has 1 rings (SSSR count). The molecule has 0 aromatic carbocycles. The van der Waals surface area contributed by atoms with Crippen molar-refractivity contribution in [2.75, 3.05) is 7.05 Å². The molecular weight excluding hydrogens is 116 g/mol. The maximum Gasteiger partial charge on any atom is 0.134 e. The summed E-state index contributed by atoms with van der Waals surface area (Å²) in [7, 11) is 1.70. The van der Waals surface area contributed by atoms with Gasteiger partial charge in [0.15, 0.2) is 0 Å². The minimum Gasteiger partial charge on any atom is -0.361 e. The molecule has 0 saturated heterocycles. The second kappa shape index (κ2) is 2.44. The van der Waals surface area contributed by atoms with Crippen molar-refractivity contribution in [2.45, 2.75) is 6.92 Å². The first-order valence-corrected chi connectivity index (χ1v) is 2.68. The van der Waals surface area contributed by atoms with Gasteiger partial charge >= 0.3 is 0 Å². The molecule has 0 aliphatic carbocycles. The Hall–Kier alpha value is -1.12. The second-order valence-electron chi connectivity index (χ2n) is 1.75. The van der Waals surface area contributed by atoms with E-state index in [1.54, 1.807) is 13.3 Å². The van der Waals surface area contributed by atoms with E-state index in [1.807, 2.05) is 13.0 Å². The number of hydrogen-bond donors (Lipinski definition) is 0. The smallest absolute Gasteiger partial charge is 0.134 e. The standard InChI is InChI=1S/C6H8N2O/c1-5-3-6(4-7-2)8-9-5/h3-4H,1-2H3. The fourth-order valence-electron chi connectivity index (χ4n) is 0.579. The second-order valence-corrected chi connectivity index (χ2v) is 1.75. The summed E-state index contributed by atoms with van der Waals surface area (Å²) in [5.41, 5.74) is 0.773. The molecule has 3 nitrogen and oxygen atoms in total. The first-order valence-electron chi connectivity index (χ1n) is 2.68. The van der Waals surface area contributed by atoms with Crippen LogP contribution in [0, 0.1) is 6.92 Å². The van der Waals surface area contributed by atoms with Gasteiger partial charge in [-0.15, -0.1) is 0 Å². The van der Waals surface area contributed by atoms with Gasteiger partial charge in [0.2, 0.25) is 0 Å². The summed E-state index contributed by atoms with van der Waals surface area (Å²) < 4.78 is 4.78. The molecule has 0 atom stereocenters. The fourth-order valence-corrected chi connectivity index (χ4v) is 0.579. The Kier molecular flexibility index (Phi) is 1.63. The van der Waals surface area contributed by atoms with Gasteiger partial charge in [-0.1, -0.05) is 5.16 Å². The van der Waals surface area contributed by atoms with Crippen LogP contribution in [0.5, 0.6) is 0 Å². The van der Waals surface area contributed by atoms with Crippen LogP contribution in [-0.4, -0.2) is 18.4 Å². The summed E-state index contributed by atoms with van der Waals surface area (Å²) in [6.07, 6.45) is 1.65. The average molecular weight is 124 g/mol. The maximum atomic E-state index is 4.78. The highest BCUT2D eigenvalue weighted by Crippen LogP contribution is 1.97. The Balaban J connectivity index is 2.85. The van der Waals surface area contributed by atoms with E-state index < -0.39 is 0 Å². The van der Waals surface area contributed by atoms with Crippen molar-refractivity contribution in [2.24, 2.45) is 4.99 Å². The van der Waals surface area contributed by atoms with Crippen molar-refractivity contribution < 1.29 is 4.52 Å². The molecule has 48 valence electrons. The summed E-state index contributed by atoms with van der Waals surface area (Å²) in [6, 6.07) is 1.83. The van der Waals surface area contributed by atoms with Gasteiger partial charge in [-0.05, 0) is 6.92 Å². The topological polar surface area (TPSA) is 38.4 Å². The molecule has 1 aromatic rings. The minimum atomic E-state index is 0.773. The molecule has 0 aliphatic rings.